The van der Waals surface area contributed by atoms with Crippen LogP contribution in [0.15, 0.2) is 60.7 Å². The lowest BCUT2D eigenvalue weighted by atomic mass is 9.88. The zero-order valence-corrected chi connectivity index (χ0v) is 17.9. The quantitative estimate of drug-likeness (QED) is 0.661. The second-order valence-corrected chi connectivity index (χ2v) is 8.23. The minimum atomic E-state index is 0.295. The Morgan fingerprint density at radius 1 is 1.00 bits per heavy atom. The van der Waals surface area contributed by atoms with Crippen molar-refractivity contribution < 1.29 is 4.79 Å². The largest absolute Gasteiger partial charge is 0.339 e. The molecule has 0 radical (unpaired) electrons. The van der Waals surface area contributed by atoms with E-state index >= 15 is 0 Å². The summed E-state index contributed by atoms with van der Waals surface area (Å²) < 4.78 is 0. The predicted octanol–water partition coefficient (Wildman–Crippen LogP) is 4.86. The number of hydrogen-bond donors (Lipinski definition) is 1. The summed E-state index contributed by atoms with van der Waals surface area (Å²) in [7, 11) is 0. The molecule has 156 valence electrons. The van der Waals surface area contributed by atoms with Crippen LogP contribution in [0.4, 0.5) is 0 Å². The first-order chi connectivity index (χ1) is 14.3. The van der Waals surface area contributed by atoms with E-state index < -0.39 is 0 Å². The third-order valence-electron chi connectivity index (χ3n) is 6.21. The van der Waals surface area contributed by atoms with Gasteiger partial charge >= 0.3 is 0 Å². The van der Waals surface area contributed by atoms with Crippen molar-refractivity contribution in [3.63, 3.8) is 0 Å². The van der Waals surface area contributed by atoms with Crippen LogP contribution < -0.4 is 5.32 Å². The summed E-state index contributed by atoms with van der Waals surface area (Å²) in [4.78, 5) is 15.2. The van der Waals surface area contributed by atoms with Crippen LogP contribution in [0.25, 0.3) is 0 Å². The molecular formula is C26H36N2O. The summed E-state index contributed by atoms with van der Waals surface area (Å²) in [6.45, 7) is 4.94. The van der Waals surface area contributed by atoms with Crippen LogP contribution in [0, 0.1) is 5.92 Å². The fourth-order valence-electron chi connectivity index (χ4n) is 4.55. The van der Waals surface area contributed by atoms with Crippen LogP contribution in [0.1, 0.15) is 50.2 Å². The number of amides is 1. The van der Waals surface area contributed by atoms with E-state index in [2.05, 4.69) is 70.9 Å². The van der Waals surface area contributed by atoms with E-state index in [1.54, 1.807) is 0 Å². The number of carbonyl (C=O) groups excluding carboxylic acids is 1. The summed E-state index contributed by atoms with van der Waals surface area (Å²) >= 11 is 0. The van der Waals surface area contributed by atoms with Gasteiger partial charge in [0.25, 0.3) is 0 Å². The topological polar surface area (TPSA) is 32.3 Å². The van der Waals surface area contributed by atoms with Gasteiger partial charge in [0.15, 0.2) is 0 Å². The smallest absolute Gasteiger partial charge is 0.222 e. The Kier molecular flexibility index (Phi) is 8.76. The van der Waals surface area contributed by atoms with Crippen molar-refractivity contribution in [1.82, 2.24) is 10.2 Å². The highest BCUT2D eigenvalue weighted by molar-refractivity contribution is 5.76. The predicted molar refractivity (Wildman–Crippen MR) is 121 cm³/mol. The van der Waals surface area contributed by atoms with Gasteiger partial charge in [-0.2, -0.15) is 0 Å². The molecule has 1 heterocycles. The lowest BCUT2D eigenvalue weighted by Crippen LogP contribution is -2.48. The van der Waals surface area contributed by atoms with Crippen LogP contribution in [0.2, 0.25) is 0 Å². The van der Waals surface area contributed by atoms with E-state index in [-0.39, 0.29) is 0 Å². The van der Waals surface area contributed by atoms with Crippen molar-refractivity contribution in [2.75, 3.05) is 19.6 Å². The standard InChI is InChI=1S/C26H36N2O/c1-2-26(29)28(20-18-23-13-7-4-8-14-23)25(24-15-9-10-19-27-21-24)17-16-22-11-5-3-6-12-22/h3-8,11-14,24-25,27H,2,9-10,15-21H2,1H3. The van der Waals surface area contributed by atoms with Crippen LogP contribution in [-0.4, -0.2) is 36.5 Å². The zero-order valence-electron chi connectivity index (χ0n) is 17.9. The van der Waals surface area contributed by atoms with Gasteiger partial charge in [0.2, 0.25) is 5.91 Å². The molecule has 1 amide bonds. The third kappa shape index (κ3) is 6.71. The molecular weight excluding hydrogens is 356 g/mol. The SMILES string of the molecule is CCC(=O)N(CCc1ccccc1)C(CCc1ccccc1)C1CCCCNC1. The molecule has 2 atom stereocenters. The number of benzene rings is 2. The Bertz CT molecular complexity index is 708. The number of hydrogen-bond acceptors (Lipinski definition) is 2. The van der Waals surface area contributed by atoms with Gasteiger partial charge < -0.3 is 10.2 Å². The number of nitrogens with one attached hydrogen (secondary N) is 1. The Hall–Kier alpha value is -2.13. The Labute approximate surface area is 176 Å². The van der Waals surface area contributed by atoms with Gasteiger partial charge in [0.05, 0.1) is 0 Å². The Morgan fingerprint density at radius 2 is 1.66 bits per heavy atom. The first-order valence-corrected chi connectivity index (χ1v) is 11.4. The van der Waals surface area contributed by atoms with Crippen molar-refractivity contribution in [3.8, 4) is 0 Å². The number of aryl methyl sites for hydroxylation is 1. The highest BCUT2D eigenvalue weighted by Crippen LogP contribution is 2.25. The van der Waals surface area contributed by atoms with Crippen molar-refractivity contribution in [2.45, 2.75) is 57.9 Å². The highest BCUT2D eigenvalue weighted by Gasteiger charge is 2.30. The summed E-state index contributed by atoms with van der Waals surface area (Å²) in [6, 6.07) is 21.6. The fourth-order valence-corrected chi connectivity index (χ4v) is 4.55. The monoisotopic (exact) mass is 392 g/mol. The van der Waals surface area contributed by atoms with E-state index in [4.69, 9.17) is 0 Å². The molecule has 3 rings (SSSR count). The van der Waals surface area contributed by atoms with Gasteiger partial charge in [-0.1, -0.05) is 74.0 Å². The van der Waals surface area contributed by atoms with Crippen molar-refractivity contribution in [3.05, 3.63) is 71.8 Å². The molecule has 2 aromatic carbocycles. The summed E-state index contributed by atoms with van der Waals surface area (Å²) in [5.41, 5.74) is 2.67. The summed E-state index contributed by atoms with van der Waals surface area (Å²) in [6.07, 6.45) is 7.29. The fraction of sp³-hybridized carbons (Fsp3) is 0.500. The van der Waals surface area contributed by atoms with E-state index in [0.29, 0.717) is 24.3 Å². The molecule has 2 aromatic rings. The van der Waals surface area contributed by atoms with Gasteiger partial charge in [0, 0.05) is 19.0 Å². The van der Waals surface area contributed by atoms with Crippen LogP contribution in [0.5, 0.6) is 0 Å². The number of nitrogens with zero attached hydrogens (tertiary/aromatic N) is 1. The van der Waals surface area contributed by atoms with E-state index in [1.165, 1.54) is 30.4 Å². The van der Waals surface area contributed by atoms with Gasteiger partial charge in [-0.15, -0.1) is 0 Å². The maximum absolute atomic E-state index is 13.0. The Morgan fingerprint density at radius 3 is 2.31 bits per heavy atom. The van der Waals surface area contributed by atoms with Crippen molar-refractivity contribution >= 4 is 5.91 Å². The normalized spacial score (nSPS) is 18.0. The number of carbonyl (C=O) groups is 1. The zero-order chi connectivity index (χ0) is 20.3. The molecule has 3 nitrogen and oxygen atoms in total. The number of rotatable bonds is 9. The molecule has 0 aliphatic carbocycles. The summed E-state index contributed by atoms with van der Waals surface area (Å²) in [5.74, 6) is 0.829. The van der Waals surface area contributed by atoms with Gasteiger partial charge in [0.1, 0.15) is 0 Å². The molecule has 0 aromatic heterocycles. The molecule has 1 aliphatic heterocycles. The molecule has 0 bridgehead atoms. The molecule has 0 spiro atoms. The first-order valence-electron chi connectivity index (χ1n) is 11.4. The lowest BCUT2D eigenvalue weighted by Gasteiger charge is -2.37. The molecule has 1 aliphatic rings. The average Bonchev–Trinajstić information content (AvgIpc) is 3.06. The van der Waals surface area contributed by atoms with Gasteiger partial charge in [-0.25, -0.2) is 0 Å². The van der Waals surface area contributed by atoms with E-state index in [9.17, 15) is 4.79 Å². The minimum absolute atomic E-state index is 0.295. The molecule has 1 fully saturated rings. The van der Waals surface area contributed by atoms with Gasteiger partial charge in [-0.05, 0) is 62.2 Å². The third-order valence-corrected chi connectivity index (χ3v) is 6.21. The van der Waals surface area contributed by atoms with Crippen molar-refractivity contribution in [1.29, 1.82) is 0 Å². The van der Waals surface area contributed by atoms with Crippen molar-refractivity contribution in [2.24, 2.45) is 5.92 Å². The van der Waals surface area contributed by atoms with Crippen LogP contribution in [0.3, 0.4) is 0 Å². The van der Waals surface area contributed by atoms with Gasteiger partial charge in [-0.3, -0.25) is 4.79 Å². The average molecular weight is 393 g/mol. The summed E-state index contributed by atoms with van der Waals surface area (Å²) in [5, 5.41) is 3.62. The van der Waals surface area contributed by atoms with Crippen LogP contribution in [-0.2, 0) is 17.6 Å². The maximum atomic E-state index is 13.0. The maximum Gasteiger partial charge on any atom is 0.222 e. The second kappa shape index (κ2) is 11.8. The molecule has 1 N–H and O–H groups in total. The highest BCUT2D eigenvalue weighted by atomic mass is 16.2. The van der Waals surface area contributed by atoms with Crippen LogP contribution >= 0.6 is 0 Å². The molecule has 1 saturated heterocycles. The minimum Gasteiger partial charge on any atom is -0.339 e. The lowest BCUT2D eigenvalue weighted by molar-refractivity contribution is -0.134. The molecule has 2 unspecified atom stereocenters. The first kappa shape index (κ1) is 21.6. The Balaban J connectivity index is 1.76. The van der Waals surface area contributed by atoms with E-state index in [0.717, 1.165) is 38.9 Å². The molecule has 0 saturated carbocycles. The second-order valence-electron chi connectivity index (χ2n) is 8.23. The molecule has 29 heavy (non-hydrogen) atoms. The van der Waals surface area contributed by atoms with E-state index in [1.807, 2.05) is 6.92 Å². The molecule has 3 heteroatoms.